The van der Waals surface area contributed by atoms with E-state index >= 15 is 0 Å². The average Bonchev–Trinajstić information content (AvgIpc) is 2.86. The number of hydrogen-bond acceptors (Lipinski definition) is 3. The molecule has 0 radical (unpaired) electrons. The summed E-state index contributed by atoms with van der Waals surface area (Å²) in [6, 6.07) is 4.75. The van der Waals surface area contributed by atoms with Gasteiger partial charge in [0.25, 0.3) is 0 Å². The second kappa shape index (κ2) is 5.71. The van der Waals surface area contributed by atoms with Crippen molar-refractivity contribution in [2.24, 2.45) is 0 Å². The number of benzene rings is 1. The Balaban J connectivity index is 2.00. The van der Waals surface area contributed by atoms with Crippen molar-refractivity contribution >= 4 is 17.7 Å². The van der Waals surface area contributed by atoms with Gasteiger partial charge in [-0.1, -0.05) is 12.1 Å². The van der Waals surface area contributed by atoms with E-state index in [1.54, 1.807) is 24.8 Å². The molecule has 2 rings (SSSR count). The molecular weight excluding hydrogens is 251 g/mol. The maximum absolute atomic E-state index is 13.4. The minimum atomic E-state index is -0.233. The van der Waals surface area contributed by atoms with Gasteiger partial charge in [-0.2, -0.15) is 0 Å². The SMILES string of the molecule is Cc1ccc([C@@H](C)NC(=O)[C@@H]2CSCN2)cc1F. The lowest BCUT2D eigenvalue weighted by Crippen LogP contribution is -2.42. The van der Waals surface area contributed by atoms with Gasteiger partial charge in [0.15, 0.2) is 0 Å². The lowest BCUT2D eigenvalue weighted by atomic mass is 10.1. The summed E-state index contributed by atoms with van der Waals surface area (Å²) in [5, 5.41) is 6.01. The van der Waals surface area contributed by atoms with Crippen LogP contribution < -0.4 is 10.6 Å². The standard InChI is InChI=1S/C13H17FN2OS/c1-8-3-4-10(5-11(8)14)9(2)16-13(17)12-6-18-7-15-12/h3-5,9,12,15H,6-7H2,1-2H3,(H,16,17)/t9-,12+/m1/s1. The van der Waals surface area contributed by atoms with E-state index in [1.807, 2.05) is 13.0 Å². The summed E-state index contributed by atoms with van der Waals surface area (Å²) in [6.45, 7) is 3.59. The number of amides is 1. The number of carbonyl (C=O) groups is 1. The van der Waals surface area contributed by atoms with Gasteiger partial charge in [-0.05, 0) is 31.0 Å². The Hall–Kier alpha value is -1.07. The lowest BCUT2D eigenvalue weighted by molar-refractivity contribution is -0.123. The van der Waals surface area contributed by atoms with E-state index in [-0.39, 0.29) is 23.8 Å². The number of nitrogens with one attached hydrogen (secondary N) is 2. The molecule has 0 spiro atoms. The van der Waals surface area contributed by atoms with Crippen LogP contribution in [0.4, 0.5) is 4.39 Å². The maximum atomic E-state index is 13.4. The van der Waals surface area contributed by atoms with Gasteiger partial charge in [0.1, 0.15) is 5.82 Å². The summed E-state index contributed by atoms with van der Waals surface area (Å²) in [4.78, 5) is 11.9. The van der Waals surface area contributed by atoms with Crippen LogP contribution in [0.3, 0.4) is 0 Å². The van der Waals surface area contributed by atoms with E-state index in [1.165, 1.54) is 6.07 Å². The molecule has 1 aliphatic rings. The second-order valence-corrected chi connectivity index (χ2v) is 5.54. The van der Waals surface area contributed by atoms with Crippen LogP contribution in [-0.2, 0) is 4.79 Å². The molecule has 18 heavy (non-hydrogen) atoms. The summed E-state index contributed by atoms with van der Waals surface area (Å²) < 4.78 is 13.4. The van der Waals surface area contributed by atoms with E-state index in [0.717, 1.165) is 17.2 Å². The minimum Gasteiger partial charge on any atom is -0.348 e. The highest BCUT2D eigenvalue weighted by molar-refractivity contribution is 7.99. The van der Waals surface area contributed by atoms with Crippen LogP contribution in [0.15, 0.2) is 18.2 Å². The fourth-order valence-corrected chi connectivity index (χ4v) is 2.78. The summed E-state index contributed by atoms with van der Waals surface area (Å²) >= 11 is 1.71. The van der Waals surface area contributed by atoms with Crippen molar-refractivity contribution in [3.8, 4) is 0 Å². The van der Waals surface area contributed by atoms with Crippen molar-refractivity contribution in [2.75, 3.05) is 11.6 Å². The second-order valence-electron chi connectivity index (χ2n) is 4.51. The number of rotatable bonds is 3. The van der Waals surface area contributed by atoms with Gasteiger partial charge in [-0.3, -0.25) is 10.1 Å². The van der Waals surface area contributed by atoms with Crippen molar-refractivity contribution in [2.45, 2.75) is 25.9 Å². The van der Waals surface area contributed by atoms with Crippen LogP contribution in [-0.4, -0.2) is 23.6 Å². The molecule has 1 heterocycles. The fraction of sp³-hybridized carbons (Fsp3) is 0.462. The quantitative estimate of drug-likeness (QED) is 0.880. The van der Waals surface area contributed by atoms with Crippen LogP contribution >= 0.6 is 11.8 Å². The molecule has 1 aromatic carbocycles. The van der Waals surface area contributed by atoms with Crippen LogP contribution in [0.2, 0.25) is 0 Å². The van der Waals surface area contributed by atoms with Crippen molar-refractivity contribution in [3.63, 3.8) is 0 Å². The molecule has 2 atom stereocenters. The van der Waals surface area contributed by atoms with Crippen molar-refractivity contribution < 1.29 is 9.18 Å². The first-order valence-corrected chi connectivity index (χ1v) is 7.11. The average molecular weight is 268 g/mol. The van der Waals surface area contributed by atoms with Gasteiger partial charge in [0, 0.05) is 11.6 Å². The largest absolute Gasteiger partial charge is 0.348 e. The third-order valence-corrected chi connectivity index (χ3v) is 4.03. The zero-order valence-corrected chi connectivity index (χ0v) is 11.3. The minimum absolute atomic E-state index is 0.0199. The number of carbonyl (C=O) groups excluding carboxylic acids is 1. The maximum Gasteiger partial charge on any atom is 0.238 e. The molecule has 2 N–H and O–H groups in total. The molecule has 0 aromatic heterocycles. The van der Waals surface area contributed by atoms with E-state index < -0.39 is 0 Å². The van der Waals surface area contributed by atoms with E-state index in [4.69, 9.17) is 0 Å². The number of aryl methyl sites for hydroxylation is 1. The van der Waals surface area contributed by atoms with Gasteiger partial charge in [0.05, 0.1) is 12.1 Å². The van der Waals surface area contributed by atoms with E-state index in [2.05, 4.69) is 10.6 Å². The molecule has 1 fully saturated rings. The number of thioether (sulfide) groups is 1. The summed E-state index contributed by atoms with van der Waals surface area (Å²) in [7, 11) is 0. The number of hydrogen-bond donors (Lipinski definition) is 2. The van der Waals surface area contributed by atoms with E-state index in [9.17, 15) is 9.18 Å². The molecule has 0 saturated carbocycles. The molecule has 0 unspecified atom stereocenters. The first kappa shape index (κ1) is 13.4. The normalized spacial score (nSPS) is 20.7. The van der Waals surface area contributed by atoms with Gasteiger partial charge in [-0.15, -0.1) is 11.8 Å². The Bertz CT molecular complexity index is 447. The van der Waals surface area contributed by atoms with Gasteiger partial charge in [0.2, 0.25) is 5.91 Å². The van der Waals surface area contributed by atoms with Crippen molar-refractivity contribution in [1.82, 2.24) is 10.6 Å². The van der Waals surface area contributed by atoms with Gasteiger partial charge >= 0.3 is 0 Å². The van der Waals surface area contributed by atoms with E-state index in [0.29, 0.717) is 5.56 Å². The molecule has 98 valence electrons. The predicted octanol–water partition coefficient (Wildman–Crippen LogP) is 1.97. The molecule has 1 aliphatic heterocycles. The third kappa shape index (κ3) is 3.03. The summed E-state index contributed by atoms with van der Waals surface area (Å²) in [5.74, 6) is 1.35. The Kier molecular flexibility index (Phi) is 4.24. The number of halogens is 1. The molecule has 0 bridgehead atoms. The Morgan fingerprint density at radius 3 is 3.00 bits per heavy atom. The monoisotopic (exact) mass is 268 g/mol. The van der Waals surface area contributed by atoms with Crippen molar-refractivity contribution in [3.05, 3.63) is 35.1 Å². The molecule has 0 aliphatic carbocycles. The molecular formula is C13H17FN2OS. The van der Waals surface area contributed by atoms with Crippen LogP contribution in [0.1, 0.15) is 24.1 Å². The smallest absolute Gasteiger partial charge is 0.238 e. The van der Waals surface area contributed by atoms with Crippen LogP contribution in [0.5, 0.6) is 0 Å². The van der Waals surface area contributed by atoms with Gasteiger partial charge in [-0.25, -0.2) is 4.39 Å². The van der Waals surface area contributed by atoms with Crippen LogP contribution in [0, 0.1) is 12.7 Å². The van der Waals surface area contributed by atoms with Crippen molar-refractivity contribution in [1.29, 1.82) is 0 Å². The highest BCUT2D eigenvalue weighted by Gasteiger charge is 2.23. The summed E-state index contributed by atoms with van der Waals surface area (Å²) in [6.07, 6.45) is 0. The predicted molar refractivity (Wildman–Crippen MR) is 71.9 cm³/mol. The lowest BCUT2D eigenvalue weighted by Gasteiger charge is -2.17. The Morgan fingerprint density at radius 2 is 2.39 bits per heavy atom. The highest BCUT2D eigenvalue weighted by atomic mass is 32.2. The molecule has 5 heteroatoms. The molecule has 1 aromatic rings. The summed E-state index contributed by atoms with van der Waals surface area (Å²) in [5.41, 5.74) is 1.41. The Labute approximate surface area is 111 Å². The first-order chi connectivity index (χ1) is 8.58. The highest BCUT2D eigenvalue weighted by Crippen LogP contribution is 2.17. The molecule has 1 saturated heterocycles. The zero-order chi connectivity index (χ0) is 13.1. The zero-order valence-electron chi connectivity index (χ0n) is 10.5. The van der Waals surface area contributed by atoms with Crippen LogP contribution in [0.25, 0.3) is 0 Å². The Morgan fingerprint density at radius 1 is 1.61 bits per heavy atom. The molecule has 3 nitrogen and oxygen atoms in total. The molecule has 1 amide bonds. The van der Waals surface area contributed by atoms with Gasteiger partial charge < -0.3 is 5.32 Å². The topological polar surface area (TPSA) is 41.1 Å². The third-order valence-electron chi connectivity index (χ3n) is 3.09. The first-order valence-electron chi connectivity index (χ1n) is 5.95. The fourth-order valence-electron chi connectivity index (χ4n) is 1.84.